The van der Waals surface area contributed by atoms with E-state index in [9.17, 15) is 10.1 Å². The minimum absolute atomic E-state index is 0.0855. The Bertz CT molecular complexity index is 493. The van der Waals surface area contributed by atoms with Crippen LogP contribution in [0.5, 0.6) is 0 Å². The molecule has 0 aliphatic carbocycles. The summed E-state index contributed by atoms with van der Waals surface area (Å²) in [5.74, 6) is 1.87. The molecule has 1 saturated heterocycles. The molecule has 0 radical (unpaired) electrons. The van der Waals surface area contributed by atoms with Crippen LogP contribution in [0.1, 0.15) is 33.1 Å². The number of hydrogen-bond donors (Lipinski definition) is 0. The molecule has 1 aliphatic rings. The highest BCUT2D eigenvalue weighted by atomic mass is 79.9. The monoisotopic (exact) mass is 341 g/mol. The number of halogens is 1. The van der Waals surface area contributed by atoms with Crippen molar-refractivity contribution in [2.24, 2.45) is 11.8 Å². The van der Waals surface area contributed by atoms with E-state index in [0.29, 0.717) is 22.1 Å². The maximum Gasteiger partial charge on any atom is 0.312 e. The van der Waals surface area contributed by atoms with Gasteiger partial charge in [-0.1, -0.05) is 13.8 Å². The molecule has 110 valence electrons. The van der Waals surface area contributed by atoms with Crippen molar-refractivity contribution in [3.05, 3.63) is 26.9 Å². The van der Waals surface area contributed by atoms with Gasteiger partial charge in [0.05, 0.1) is 4.92 Å². The summed E-state index contributed by atoms with van der Waals surface area (Å²) in [5, 5.41) is 11.2. The van der Waals surface area contributed by atoms with Crippen LogP contribution < -0.4 is 4.90 Å². The van der Waals surface area contributed by atoms with Crippen LogP contribution in [0.15, 0.2) is 16.7 Å². The molecule has 1 aromatic rings. The lowest BCUT2D eigenvalue weighted by Gasteiger charge is -2.22. The molecule has 1 atom stereocenters. The molecule has 20 heavy (non-hydrogen) atoms. The summed E-state index contributed by atoms with van der Waals surface area (Å²) in [6.45, 7) is 6.19. The standard InChI is InChI=1S/C14H20BrN3O2/c1-10(2)11-4-3-6-17(7-5-11)14-13(18(19)20)8-12(15)9-16-14/h8-11H,3-7H2,1-2H3. The third-order valence-electron chi connectivity index (χ3n) is 4.03. The minimum Gasteiger partial charge on any atom is -0.351 e. The summed E-state index contributed by atoms with van der Waals surface area (Å²) in [6, 6.07) is 1.53. The lowest BCUT2D eigenvalue weighted by atomic mass is 9.89. The third kappa shape index (κ3) is 3.48. The molecular weight excluding hydrogens is 322 g/mol. The largest absolute Gasteiger partial charge is 0.351 e. The van der Waals surface area contributed by atoms with Crippen LogP contribution in [-0.2, 0) is 0 Å². The first-order chi connectivity index (χ1) is 9.49. The van der Waals surface area contributed by atoms with Crippen molar-refractivity contribution in [2.75, 3.05) is 18.0 Å². The zero-order valence-corrected chi connectivity index (χ0v) is 13.5. The van der Waals surface area contributed by atoms with E-state index < -0.39 is 0 Å². The molecule has 2 rings (SSSR count). The van der Waals surface area contributed by atoms with Crippen LogP contribution in [0.4, 0.5) is 11.5 Å². The van der Waals surface area contributed by atoms with Crippen molar-refractivity contribution in [2.45, 2.75) is 33.1 Å². The minimum atomic E-state index is -0.349. The molecule has 0 aromatic carbocycles. The highest BCUT2D eigenvalue weighted by molar-refractivity contribution is 9.10. The Labute approximate surface area is 127 Å². The van der Waals surface area contributed by atoms with Crippen molar-refractivity contribution in [3.63, 3.8) is 0 Å². The topological polar surface area (TPSA) is 59.3 Å². The Morgan fingerprint density at radius 3 is 2.85 bits per heavy atom. The number of nitrogens with zero attached hydrogens (tertiary/aromatic N) is 3. The second-order valence-corrected chi connectivity index (χ2v) is 6.59. The van der Waals surface area contributed by atoms with Gasteiger partial charge < -0.3 is 4.90 Å². The van der Waals surface area contributed by atoms with E-state index in [2.05, 4.69) is 39.7 Å². The zero-order chi connectivity index (χ0) is 14.7. The van der Waals surface area contributed by atoms with Gasteiger partial charge in [-0.15, -0.1) is 0 Å². The summed E-state index contributed by atoms with van der Waals surface area (Å²) in [5.41, 5.74) is 0.0855. The summed E-state index contributed by atoms with van der Waals surface area (Å²) >= 11 is 3.25. The smallest absolute Gasteiger partial charge is 0.312 e. The first-order valence-corrected chi connectivity index (χ1v) is 7.83. The van der Waals surface area contributed by atoms with E-state index in [0.717, 1.165) is 25.9 Å². The lowest BCUT2D eigenvalue weighted by molar-refractivity contribution is -0.384. The maximum absolute atomic E-state index is 11.2. The molecule has 6 heteroatoms. The molecule has 1 fully saturated rings. The SMILES string of the molecule is CC(C)C1CCCN(c2ncc(Br)cc2[N+](=O)[O-])CC1. The molecule has 0 N–H and O–H groups in total. The first-order valence-electron chi connectivity index (χ1n) is 7.04. The Morgan fingerprint density at radius 1 is 1.45 bits per heavy atom. The van der Waals surface area contributed by atoms with E-state index in [1.165, 1.54) is 12.5 Å². The number of aromatic nitrogens is 1. The quantitative estimate of drug-likeness (QED) is 0.615. The summed E-state index contributed by atoms with van der Waals surface area (Å²) in [7, 11) is 0. The Morgan fingerprint density at radius 2 is 2.20 bits per heavy atom. The second-order valence-electron chi connectivity index (χ2n) is 5.68. The summed E-state index contributed by atoms with van der Waals surface area (Å²) in [6.07, 6.45) is 4.97. The molecule has 0 saturated carbocycles. The fourth-order valence-corrected chi connectivity index (χ4v) is 3.12. The van der Waals surface area contributed by atoms with Gasteiger partial charge in [0.15, 0.2) is 0 Å². The predicted molar refractivity (Wildman–Crippen MR) is 83.0 cm³/mol. The van der Waals surface area contributed by atoms with E-state index >= 15 is 0 Å². The zero-order valence-electron chi connectivity index (χ0n) is 11.9. The predicted octanol–water partition coefficient (Wildman–Crippen LogP) is 4.01. The van der Waals surface area contributed by atoms with E-state index in [1.807, 2.05) is 0 Å². The van der Waals surface area contributed by atoms with Gasteiger partial charge in [0.1, 0.15) is 0 Å². The number of pyridine rings is 1. The van der Waals surface area contributed by atoms with Crippen molar-refractivity contribution in [1.29, 1.82) is 0 Å². The number of anilines is 1. The average Bonchev–Trinajstić information content (AvgIpc) is 2.64. The van der Waals surface area contributed by atoms with E-state index in [-0.39, 0.29) is 10.6 Å². The van der Waals surface area contributed by atoms with Gasteiger partial charge in [0.25, 0.3) is 0 Å². The molecule has 2 heterocycles. The molecule has 0 bridgehead atoms. The van der Waals surface area contributed by atoms with Crippen LogP contribution in [0.2, 0.25) is 0 Å². The number of rotatable bonds is 3. The van der Waals surface area contributed by atoms with Crippen LogP contribution in [-0.4, -0.2) is 23.0 Å². The molecule has 1 aliphatic heterocycles. The van der Waals surface area contributed by atoms with Crippen LogP contribution >= 0.6 is 15.9 Å². The average molecular weight is 342 g/mol. The molecule has 5 nitrogen and oxygen atoms in total. The van der Waals surface area contributed by atoms with E-state index in [4.69, 9.17) is 0 Å². The normalized spacial score (nSPS) is 20.0. The Kier molecular flexibility index (Phi) is 4.96. The van der Waals surface area contributed by atoms with Crippen molar-refractivity contribution < 1.29 is 4.92 Å². The van der Waals surface area contributed by atoms with E-state index in [1.54, 1.807) is 6.20 Å². The molecular formula is C14H20BrN3O2. The van der Waals surface area contributed by atoms with Crippen LogP contribution in [0, 0.1) is 22.0 Å². The highest BCUT2D eigenvalue weighted by Crippen LogP contribution is 2.32. The van der Waals surface area contributed by atoms with Crippen LogP contribution in [0.25, 0.3) is 0 Å². The highest BCUT2D eigenvalue weighted by Gasteiger charge is 2.25. The van der Waals surface area contributed by atoms with Gasteiger partial charge in [-0.05, 0) is 47.0 Å². The van der Waals surface area contributed by atoms with Gasteiger partial charge in [0.2, 0.25) is 5.82 Å². The summed E-state index contributed by atoms with van der Waals surface area (Å²) < 4.78 is 0.642. The fraction of sp³-hybridized carbons (Fsp3) is 0.643. The third-order valence-corrected chi connectivity index (χ3v) is 4.46. The van der Waals surface area contributed by atoms with Gasteiger partial charge in [-0.25, -0.2) is 4.98 Å². The van der Waals surface area contributed by atoms with Gasteiger partial charge in [0, 0.05) is 29.8 Å². The van der Waals surface area contributed by atoms with Crippen LogP contribution in [0.3, 0.4) is 0 Å². The molecule has 1 aromatic heterocycles. The fourth-order valence-electron chi connectivity index (χ4n) is 2.80. The molecule has 0 spiro atoms. The van der Waals surface area contributed by atoms with Crippen molar-refractivity contribution in [3.8, 4) is 0 Å². The van der Waals surface area contributed by atoms with Gasteiger partial charge in [-0.2, -0.15) is 0 Å². The summed E-state index contributed by atoms with van der Waals surface area (Å²) in [4.78, 5) is 17.2. The Balaban J connectivity index is 2.21. The van der Waals surface area contributed by atoms with Gasteiger partial charge in [-0.3, -0.25) is 10.1 Å². The second kappa shape index (κ2) is 6.52. The van der Waals surface area contributed by atoms with Crippen molar-refractivity contribution in [1.82, 2.24) is 4.98 Å². The lowest BCUT2D eigenvalue weighted by Crippen LogP contribution is -2.26. The first kappa shape index (κ1) is 15.2. The number of hydrogen-bond acceptors (Lipinski definition) is 4. The maximum atomic E-state index is 11.2. The van der Waals surface area contributed by atoms with Gasteiger partial charge >= 0.3 is 5.69 Å². The van der Waals surface area contributed by atoms with Crippen molar-refractivity contribution >= 4 is 27.4 Å². The Hall–Kier alpha value is -1.17. The molecule has 1 unspecified atom stereocenters. The number of nitro groups is 1. The molecule has 0 amide bonds.